The summed E-state index contributed by atoms with van der Waals surface area (Å²) >= 11 is 0. The molecular weight excluding hydrogens is 296 g/mol. The maximum Gasteiger partial charge on any atom is 0.144 e. The van der Waals surface area contributed by atoms with E-state index in [9.17, 15) is 0 Å². The van der Waals surface area contributed by atoms with Crippen molar-refractivity contribution >= 4 is 22.1 Å². The molecule has 4 aromatic heterocycles. The number of hydrogen-bond acceptors (Lipinski definition) is 2. The Morgan fingerprint density at radius 3 is 1.67 bits per heavy atom. The Morgan fingerprint density at radius 1 is 0.583 bits per heavy atom. The molecule has 5 aromatic rings. The molecule has 4 nitrogen and oxygen atoms in total. The molecular formula is C20H14N4. The van der Waals surface area contributed by atoms with Gasteiger partial charge in [0.2, 0.25) is 0 Å². The summed E-state index contributed by atoms with van der Waals surface area (Å²) in [4.78, 5) is 9.01. The van der Waals surface area contributed by atoms with Gasteiger partial charge in [0, 0.05) is 46.9 Å². The average molecular weight is 310 g/mol. The second-order valence-corrected chi connectivity index (χ2v) is 5.72. The van der Waals surface area contributed by atoms with Gasteiger partial charge >= 0.3 is 0 Å². The van der Waals surface area contributed by atoms with Crippen molar-refractivity contribution in [2.45, 2.75) is 0 Å². The summed E-state index contributed by atoms with van der Waals surface area (Å²) in [5.41, 5.74) is 4.09. The standard InChI is InChI=1S/C20H14N4/c1-6-17(23-12-8-15-4-2-10-21-19(15)23)14-18(7-1)24-13-9-16-5-3-11-22-20(16)24/h1-14H. The van der Waals surface area contributed by atoms with Gasteiger partial charge in [-0.1, -0.05) is 6.07 Å². The number of benzene rings is 1. The summed E-state index contributed by atoms with van der Waals surface area (Å²) in [5.74, 6) is 0. The first kappa shape index (κ1) is 13.1. The van der Waals surface area contributed by atoms with Crippen molar-refractivity contribution < 1.29 is 0 Å². The van der Waals surface area contributed by atoms with Gasteiger partial charge in [-0.15, -0.1) is 0 Å². The Bertz CT molecular complexity index is 1080. The summed E-state index contributed by atoms with van der Waals surface area (Å²) in [5, 5.41) is 2.27. The Morgan fingerprint density at radius 2 is 1.12 bits per heavy atom. The van der Waals surface area contributed by atoms with E-state index in [-0.39, 0.29) is 0 Å². The second-order valence-electron chi connectivity index (χ2n) is 5.72. The monoisotopic (exact) mass is 310 g/mol. The summed E-state index contributed by atoms with van der Waals surface area (Å²) in [7, 11) is 0. The van der Waals surface area contributed by atoms with Crippen LogP contribution in [0.5, 0.6) is 0 Å². The molecule has 0 amide bonds. The minimum Gasteiger partial charge on any atom is -0.301 e. The van der Waals surface area contributed by atoms with Crippen LogP contribution in [0.3, 0.4) is 0 Å². The maximum absolute atomic E-state index is 4.50. The largest absolute Gasteiger partial charge is 0.301 e. The van der Waals surface area contributed by atoms with Crippen LogP contribution in [0.4, 0.5) is 0 Å². The lowest BCUT2D eigenvalue weighted by Crippen LogP contribution is -1.98. The van der Waals surface area contributed by atoms with Crippen LogP contribution < -0.4 is 0 Å². The molecule has 0 atom stereocenters. The number of nitrogens with zero attached hydrogens (tertiary/aromatic N) is 4. The fourth-order valence-electron chi connectivity index (χ4n) is 3.14. The van der Waals surface area contributed by atoms with Crippen molar-refractivity contribution in [3.8, 4) is 11.4 Å². The van der Waals surface area contributed by atoms with Gasteiger partial charge in [0.15, 0.2) is 0 Å². The van der Waals surface area contributed by atoms with Gasteiger partial charge in [0.05, 0.1) is 0 Å². The Labute approximate surface area is 138 Å². The lowest BCUT2D eigenvalue weighted by molar-refractivity contribution is 1.06. The van der Waals surface area contributed by atoms with Crippen molar-refractivity contribution in [2.24, 2.45) is 0 Å². The highest BCUT2D eigenvalue weighted by Gasteiger charge is 2.07. The highest BCUT2D eigenvalue weighted by Crippen LogP contribution is 2.23. The molecule has 0 aliphatic rings. The van der Waals surface area contributed by atoms with Crippen molar-refractivity contribution in [1.29, 1.82) is 0 Å². The van der Waals surface area contributed by atoms with E-state index in [0.29, 0.717) is 0 Å². The van der Waals surface area contributed by atoms with Crippen molar-refractivity contribution in [3.63, 3.8) is 0 Å². The molecule has 4 heterocycles. The lowest BCUT2D eigenvalue weighted by Gasteiger charge is -2.09. The van der Waals surface area contributed by atoms with Gasteiger partial charge in [-0.2, -0.15) is 0 Å². The third-order valence-electron chi connectivity index (χ3n) is 4.28. The van der Waals surface area contributed by atoms with Crippen molar-refractivity contribution in [2.75, 3.05) is 0 Å². The van der Waals surface area contributed by atoms with Gasteiger partial charge in [-0.25, -0.2) is 9.97 Å². The summed E-state index contributed by atoms with van der Waals surface area (Å²) in [6.45, 7) is 0. The molecule has 0 N–H and O–H groups in total. The van der Waals surface area contributed by atoms with Crippen LogP contribution >= 0.6 is 0 Å². The number of pyridine rings is 2. The molecule has 24 heavy (non-hydrogen) atoms. The molecule has 1 aromatic carbocycles. The molecule has 0 saturated carbocycles. The van der Waals surface area contributed by atoms with Crippen LogP contribution in [0.25, 0.3) is 33.4 Å². The molecule has 0 spiro atoms. The highest BCUT2D eigenvalue weighted by molar-refractivity contribution is 5.79. The molecule has 0 unspecified atom stereocenters. The number of rotatable bonds is 2. The topological polar surface area (TPSA) is 35.6 Å². The second kappa shape index (κ2) is 5.06. The third-order valence-corrected chi connectivity index (χ3v) is 4.28. The van der Waals surface area contributed by atoms with Crippen molar-refractivity contribution in [1.82, 2.24) is 19.1 Å². The zero-order valence-electron chi connectivity index (χ0n) is 12.9. The molecule has 0 radical (unpaired) electrons. The van der Waals surface area contributed by atoms with Crippen LogP contribution in [0.1, 0.15) is 0 Å². The summed E-state index contributed by atoms with van der Waals surface area (Å²) < 4.78 is 4.22. The smallest absolute Gasteiger partial charge is 0.144 e. The lowest BCUT2D eigenvalue weighted by atomic mass is 10.2. The van der Waals surface area contributed by atoms with Crippen LogP contribution in [-0.2, 0) is 0 Å². The van der Waals surface area contributed by atoms with Crippen LogP contribution in [0, 0.1) is 0 Å². The Balaban J connectivity index is 1.69. The molecule has 0 fully saturated rings. The molecule has 0 aliphatic heterocycles. The van der Waals surface area contributed by atoms with Gasteiger partial charge in [0.1, 0.15) is 11.3 Å². The van der Waals surface area contributed by atoms with Crippen LogP contribution in [-0.4, -0.2) is 19.1 Å². The van der Waals surface area contributed by atoms with E-state index in [4.69, 9.17) is 0 Å². The van der Waals surface area contributed by atoms with Gasteiger partial charge in [-0.3, -0.25) is 0 Å². The van der Waals surface area contributed by atoms with Gasteiger partial charge in [0.25, 0.3) is 0 Å². The highest BCUT2D eigenvalue weighted by atomic mass is 15.1. The van der Waals surface area contributed by atoms with Crippen LogP contribution in [0.15, 0.2) is 85.5 Å². The van der Waals surface area contributed by atoms with Gasteiger partial charge < -0.3 is 9.13 Å². The van der Waals surface area contributed by atoms with Crippen molar-refractivity contribution in [3.05, 3.63) is 85.5 Å². The minimum absolute atomic E-state index is 0.963. The Kier molecular flexibility index (Phi) is 2.76. The molecule has 0 bridgehead atoms. The number of hydrogen-bond donors (Lipinski definition) is 0. The van der Waals surface area contributed by atoms with Gasteiger partial charge in [-0.05, 0) is 54.6 Å². The number of aromatic nitrogens is 4. The van der Waals surface area contributed by atoms with E-state index in [0.717, 1.165) is 33.4 Å². The van der Waals surface area contributed by atoms with E-state index in [2.05, 4.69) is 80.0 Å². The summed E-state index contributed by atoms with van der Waals surface area (Å²) in [6, 6.07) is 20.6. The molecule has 0 saturated heterocycles. The molecule has 114 valence electrons. The fourth-order valence-corrected chi connectivity index (χ4v) is 3.14. The van der Waals surface area contributed by atoms with E-state index in [1.54, 1.807) is 0 Å². The summed E-state index contributed by atoms with van der Waals surface area (Å²) in [6.07, 6.45) is 7.77. The average Bonchev–Trinajstić information content (AvgIpc) is 3.26. The maximum atomic E-state index is 4.50. The zero-order valence-corrected chi connectivity index (χ0v) is 12.9. The molecule has 0 aliphatic carbocycles. The predicted molar refractivity (Wildman–Crippen MR) is 95.7 cm³/mol. The van der Waals surface area contributed by atoms with E-state index >= 15 is 0 Å². The minimum atomic E-state index is 0.963. The number of fused-ring (bicyclic) bond motifs is 2. The molecule has 4 heteroatoms. The predicted octanol–water partition coefficient (Wildman–Crippen LogP) is 4.36. The Hall–Kier alpha value is -3.40. The SMILES string of the molecule is c1cc(-n2ccc3cccnc32)cc(-n2ccc3cccnc32)c1. The normalized spacial score (nSPS) is 11.3. The first-order chi connectivity index (χ1) is 11.9. The first-order valence-corrected chi connectivity index (χ1v) is 7.85. The molecule has 5 rings (SSSR count). The van der Waals surface area contributed by atoms with E-state index < -0.39 is 0 Å². The fraction of sp³-hybridized carbons (Fsp3) is 0. The van der Waals surface area contributed by atoms with E-state index in [1.807, 2.05) is 24.5 Å². The third kappa shape index (κ3) is 1.93. The first-order valence-electron chi connectivity index (χ1n) is 7.85. The quantitative estimate of drug-likeness (QED) is 0.485. The van der Waals surface area contributed by atoms with Crippen LogP contribution in [0.2, 0.25) is 0 Å². The zero-order chi connectivity index (χ0) is 15.9. The van der Waals surface area contributed by atoms with E-state index in [1.165, 1.54) is 0 Å².